The van der Waals surface area contributed by atoms with Crippen LogP contribution in [-0.4, -0.2) is 46.7 Å². The number of aromatic nitrogens is 3. The largest absolute Gasteiger partial charge is 0.326 e. The van der Waals surface area contributed by atoms with Crippen LogP contribution in [0.5, 0.6) is 0 Å². The number of anilines is 1. The molecule has 3 heterocycles. The van der Waals surface area contributed by atoms with Crippen LogP contribution < -0.4 is 5.32 Å². The number of fused-ring (bicyclic) bond motifs is 1. The van der Waals surface area contributed by atoms with Gasteiger partial charge in [-0.05, 0) is 56.2 Å². The standard InChI is InChI=1S/C21H23N5O3S/c1-14-23-20(19-6-3-11-22-21(19)24-14)16-5-4-12-26(13-16)30(28,29)18-9-7-17(8-10-18)25-15(2)27/h3,6-11,16H,4-5,12-13H2,1-2H3,(H,25,27)/t16-/m1/s1. The predicted molar refractivity (Wildman–Crippen MR) is 114 cm³/mol. The Morgan fingerprint density at radius 3 is 2.67 bits per heavy atom. The van der Waals surface area contributed by atoms with E-state index in [1.54, 1.807) is 18.3 Å². The Hall–Kier alpha value is -2.91. The number of amides is 1. The van der Waals surface area contributed by atoms with Crippen molar-refractivity contribution in [3.05, 3.63) is 54.1 Å². The topological polar surface area (TPSA) is 105 Å². The number of carbonyl (C=O) groups excluding carboxylic acids is 1. The van der Waals surface area contributed by atoms with Gasteiger partial charge in [0.25, 0.3) is 0 Å². The summed E-state index contributed by atoms with van der Waals surface area (Å²) < 4.78 is 28.0. The van der Waals surface area contributed by atoms with Crippen LogP contribution in [0.1, 0.15) is 37.2 Å². The smallest absolute Gasteiger partial charge is 0.243 e. The van der Waals surface area contributed by atoms with Crippen molar-refractivity contribution in [1.82, 2.24) is 19.3 Å². The second-order valence-electron chi connectivity index (χ2n) is 7.44. The first kappa shape index (κ1) is 20.4. The second-order valence-corrected chi connectivity index (χ2v) is 9.38. The molecule has 0 aliphatic carbocycles. The van der Waals surface area contributed by atoms with Gasteiger partial charge in [-0.2, -0.15) is 4.31 Å². The summed E-state index contributed by atoms with van der Waals surface area (Å²) in [7, 11) is -3.65. The van der Waals surface area contributed by atoms with Gasteiger partial charge in [0.05, 0.1) is 10.6 Å². The zero-order valence-corrected chi connectivity index (χ0v) is 17.7. The van der Waals surface area contributed by atoms with Gasteiger partial charge in [-0.3, -0.25) is 4.79 Å². The molecular weight excluding hydrogens is 402 g/mol. The average molecular weight is 426 g/mol. The number of sulfonamides is 1. The van der Waals surface area contributed by atoms with E-state index < -0.39 is 10.0 Å². The van der Waals surface area contributed by atoms with Gasteiger partial charge < -0.3 is 5.32 Å². The highest BCUT2D eigenvalue weighted by Crippen LogP contribution is 2.32. The van der Waals surface area contributed by atoms with Crippen molar-refractivity contribution in [1.29, 1.82) is 0 Å². The molecule has 0 radical (unpaired) electrons. The van der Waals surface area contributed by atoms with Gasteiger partial charge in [-0.25, -0.2) is 23.4 Å². The Kier molecular flexibility index (Phi) is 5.48. The SMILES string of the molecule is CC(=O)Nc1ccc(S(=O)(=O)N2CCC[C@@H](c3nc(C)nc4ncccc34)C2)cc1. The van der Waals surface area contributed by atoms with Crippen LogP contribution in [0.4, 0.5) is 5.69 Å². The van der Waals surface area contributed by atoms with Gasteiger partial charge in [-0.1, -0.05) is 0 Å². The third-order valence-electron chi connectivity index (χ3n) is 5.20. The molecule has 1 saturated heterocycles. The summed E-state index contributed by atoms with van der Waals surface area (Å²) in [5.74, 6) is 0.400. The molecule has 1 N–H and O–H groups in total. The van der Waals surface area contributed by atoms with E-state index in [-0.39, 0.29) is 16.7 Å². The molecule has 1 aromatic carbocycles. The van der Waals surface area contributed by atoms with Gasteiger partial charge >= 0.3 is 0 Å². The van der Waals surface area contributed by atoms with Gasteiger partial charge in [-0.15, -0.1) is 0 Å². The number of hydrogen-bond acceptors (Lipinski definition) is 6. The molecule has 4 rings (SSSR count). The Morgan fingerprint density at radius 2 is 1.93 bits per heavy atom. The molecule has 1 fully saturated rings. The number of aryl methyl sites for hydroxylation is 1. The summed E-state index contributed by atoms with van der Waals surface area (Å²) in [6.45, 7) is 4.06. The maximum absolute atomic E-state index is 13.2. The molecule has 1 amide bonds. The first-order chi connectivity index (χ1) is 14.3. The van der Waals surface area contributed by atoms with Crippen molar-refractivity contribution >= 4 is 32.7 Å². The minimum absolute atomic E-state index is 0.0272. The third kappa shape index (κ3) is 4.03. The summed E-state index contributed by atoms with van der Waals surface area (Å²) in [6, 6.07) is 10.0. The van der Waals surface area contributed by atoms with E-state index in [0.717, 1.165) is 23.9 Å². The van der Waals surface area contributed by atoms with Gasteiger partial charge in [0.1, 0.15) is 5.82 Å². The van der Waals surface area contributed by atoms with Gasteiger partial charge in [0.2, 0.25) is 15.9 Å². The van der Waals surface area contributed by atoms with Crippen LogP contribution in [0.3, 0.4) is 0 Å². The van der Waals surface area contributed by atoms with Crippen molar-refractivity contribution in [3.63, 3.8) is 0 Å². The van der Waals surface area contributed by atoms with E-state index in [1.165, 1.54) is 23.4 Å². The third-order valence-corrected chi connectivity index (χ3v) is 7.08. The molecule has 2 aromatic heterocycles. The summed E-state index contributed by atoms with van der Waals surface area (Å²) in [6.07, 6.45) is 3.30. The molecule has 0 spiro atoms. The summed E-state index contributed by atoms with van der Waals surface area (Å²) in [5.41, 5.74) is 2.05. The Balaban J connectivity index is 1.62. The minimum Gasteiger partial charge on any atom is -0.326 e. The van der Waals surface area contributed by atoms with Crippen LogP contribution >= 0.6 is 0 Å². The van der Waals surface area contributed by atoms with Crippen molar-refractivity contribution in [2.75, 3.05) is 18.4 Å². The number of rotatable bonds is 4. The number of benzene rings is 1. The highest BCUT2D eigenvalue weighted by molar-refractivity contribution is 7.89. The Bertz CT molecular complexity index is 1190. The lowest BCUT2D eigenvalue weighted by Crippen LogP contribution is -2.39. The molecule has 30 heavy (non-hydrogen) atoms. The molecule has 0 bridgehead atoms. The van der Waals surface area contributed by atoms with E-state index in [2.05, 4.69) is 20.3 Å². The highest BCUT2D eigenvalue weighted by atomic mass is 32.2. The molecular formula is C21H23N5O3S. The second kappa shape index (κ2) is 8.08. The number of hydrogen-bond donors (Lipinski definition) is 1. The molecule has 9 heteroatoms. The number of nitrogens with zero attached hydrogens (tertiary/aromatic N) is 4. The summed E-state index contributed by atoms with van der Waals surface area (Å²) >= 11 is 0. The molecule has 1 atom stereocenters. The van der Waals surface area contributed by atoms with Crippen molar-refractivity contribution in [2.45, 2.75) is 37.5 Å². The van der Waals surface area contributed by atoms with Crippen LogP contribution in [0.15, 0.2) is 47.5 Å². The van der Waals surface area contributed by atoms with E-state index in [0.29, 0.717) is 30.2 Å². The van der Waals surface area contributed by atoms with E-state index in [4.69, 9.17) is 0 Å². The van der Waals surface area contributed by atoms with Crippen LogP contribution in [0, 0.1) is 6.92 Å². The van der Waals surface area contributed by atoms with E-state index >= 15 is 0 Å². The first-order valence-corrected chi connectivity index (χ1v) is 11.3. The van der Waals surface area contributed by atoms with E-state index in [1.807, 2.05) is 19.1 Å². The molecule has 0 unspecified atom stereocenters. The van der Waals surface area contributed by atoms with Crippen molar-refractivity contribution in [2.24, 2.45) is 0 Å². The Labute approximate surface area is 175 Å². The molecule has 1 aliphatic heterocycles. The fourth-order valence-electron chi connectivity index (χ4n) is 3.86. The van der Waals surface area contributed by atoms with Crippen molar-refractivity contribution in [3.8, 4) is 0 Å². The molecule has 0 saturated carbocycles. The van der Waals surface area contributed by atoms with Crippen LogP contribution in [0.25, 0.3) is 11.0 Å². The maximum atomic E-state index is 13.2. The zero-order valence-electron chi connectivity index (χ0n) is 16.9. The first-order valence-electron chi connectivity index (χ1n) is 9.81. The normalized spacial score (nSPS) is 17.7. The average Bonchev–Trinajstić information content (AvgIpc) is 2.73. The zero-order chi connectivity index (χ0) is 21.3. The van der Waals surface area contributed by atoms with Gasteiger partial charge in [0.15, 0.2) is 5.65 Å². The number of piperidine rings is 1. The number of pyridine rings is 1. The summed E-state index contributed by atoms with van der Waals surface area (Å²) in [5, 5.41) is 3.51. The lowest BCUT2D eigenvalue weighted by Gasteiger charge is -2.32. The van der Waals surface area contributed by atoms with Crippen LogP contribution in [-0.2, 0) is 14.8 Å². The highest BCUT2D eigenvalue weighted by Gasteiger charge is 2.32. The lowest BCUT2D eigenvalue weighted by atomic mass is 9.94. The maximum Gasteiger partial charge on any atom is 0.243 e. The minimum atomic E-state index is -3.65. The molecule has 3 aromatic rings. The quantitative estimate of drug-likeness (QED) is 0.689. The fourth-order valence-corrected chi connectivity index (χ4v) is 5.38. The summed E-state index contributed by atoms with van der Waals surface area (Å²) in [4.78, 5) is 24.7. The van der Waals surface area contributed by atoms with Gasteiger partial charge in [0, 0.05) is 43.2 Å². The number of carbonyl (C=O) groups is 1. The fraction of sp³-hybridized carbons (Fsp3) is 0.333. The molecule has 1 aliphatic rings. The monoisotopic (exact) mass is 425 g/mol. The van der Waals surface area contributed by atoms with Crippen molar-refractivity contribution < 1.29 is 13.2 Å². The van der Waals surface area contributed by atoms with Crippen LogP contribution in [0.2, 0.25) is 0 Å². The lowest BCUT2D eigenvalue weighted by molar-refractivity contribution is -0.114. The molecule has 8 nitrogen and oxygen atoms in total. The predicted octanol–water partition coefficient (Wildman–Crippen LogP) is 2.86. The van der Waals surface area contributed by atoms with E-state index in [9.17, 15) is 13.2 Å². The Morgan fingerprint density at radius 1 is 1.17 bits per heavy atom. The molecule has 156 valence electrons. The number of nitrogens with one attached hydrogen (secondary N) is 1.